The molecule has 0 amide bonds. The third kappa shape index (κ3) is 3.37. The molecule has 0 radical (unpaired) electrons. The molecule has 3 nitrogen and oxygen atoms in total. The summed E-state index contributed by atoms with van der Waals surface area (Å²) in [5.41, 5.74) is -0.959. The molecule has 0 N–H and O–H groups in total. The lowest BCUT2D eigenvalue weighted by molar-refractivity contribution is -0.170. The number of hydrogen-bond donors (Lipinski definition) is 0. The van der Waals surface area contributed by atoms with Crippen LogP contribution < -0.4 is 0 Å². The molecule has 0 aliphatic carbocycles. The van der Waals surface area contributed by atoms with Crippen LogP contribution in [0.1, 0.15) is 53.9 Å². The van der Waals surface area contributed by atoms with Crippen LogP contribution in [0.5, 0.6) is 0 Å². The molecule has 0 aromatic carbocycles. The number of piperidine rings is 1. The van der Waals surface area contributed by atoms with Gasteiger partial charge in [-0.2, -0.15) is 0 Å². The number of hydrogen-bond acceptors (Lipinski definition) is 3. The summed E-state index contributed by atoms with van der Waals surface area (Å²) in [5.74, 6) is 2.25. The normalized spacial score (nSPS) is 23.6. The number of terminal acetylenes is 1. The fourth-order valence-electron chi connectivity index (χ4n) is 3.30. The van der Waals surface area contributed by atoms with E-state index in [0.29, 0.717) is 24.8 Å². The Morgan fingerprint density at radius 1 is 1.35 bits per heavy atom. The number of ether oxygens (including phenoxy) is 1. The lowest BCUT2D eigenvalue weighted by Gasteiger charge is -2.55. The molecule has 20 heavy (non-hydrogen) atoms. The lowest BCUT2D eigenvalue weighted by atomic mass is 9.71. The second kappa shape index (κ2) is 5.42. The van der Waals surface area contributed by atoms with Gasteiger partial charge in [0.15, 0.2) is 0 Å². The summed E-state index contributed by atoms with van der Waals surface area (Å²) in [6, 6.07) is 0. The Kier molecular flexibility index (Phi) is 4.63. The zero-order valence-electron chi connectivity index (χ0n) is 13.0. The zero-order chi connectivity index (χ0) is 15.8. The summed E-state index contributed by atoms with van der Waals surface area (Å²) in [7, 11) is 0. The van der Waals surface area contributed by atoms with Crippen LogP contribution in [0.25, 0.3) is 0 Å². The van der Waals surface area contributed by atoms with Crippen LogP contribution in [0.15, 0.2) is 12.2 Å². The van der Waals surface area contributed by atoms with E-state index in [-0.39, 0.29) is 11.1 Å². The fourth-order valence-corrected chi connectivity index (χ4v) is 3.42. The van der Waals surface area contributed by atoms with Crippen LogP contribution in [0.3, 0.4) is 0 Å². The summed E-state index contributed by atoms with van der Waals surface area (Å²) in [5, 5.41) is 0. The van der Waals surface area contributed by atoms with Crippen LogP contribution in [0.4, 0.5) is 0 Å². The van der Waals surface area contributed by atoms with Crippen molar-refractivity contribution in [3.05, 3.63) is 12.2 Å². The zero-order valence-corrected chi connectivity index (χ0v) is 13.8. The number of carbonyl (C=O) groups excluding carboxylic acids is 1. The van der Waals surface area contributed by atoms with Gasteiger partial charge in [0.2, 0.25) is 0 Å². The molecule has 112 valence electrons. The molecule has 0 unspecified atom stereocenters. The topological polar surface area (TPSA) is 29.5 Å². The molecule has 1 saturated heterocycles. The molecule has 4 heteroatoms. The van der Waals surface area contributed by atoms with E-state index in [9.17, 15) is 4.79 Å². The predicted molar refractivity (Wildman–Crippen MR) is 82.2 cm³/mol. The average molecular weight is 298 g/mol. The Morgan fingerprint density at radius 3 is 2.15 bits per heavy atom. The summed E-state index contributed by atoms with van der Waals surface area (Å²) in [6.07, 6.45) is 7.06. The molecule has 0 atom stereocenters. The third-order valence-corrected chi connectivity index (χ3v) is 4.57. The van der Waals surface area contributed by atoms with E-state index < -0.39 is 11.6 Å². The van der Waals surface area contributed by atoms with E-state index in [1.807, 2.05) is 32.1 Å². The van der Waals surface area contributed by atoms with Crippen molar-refractivity contribution in [2.24, 2.45) is 0 Å². The van der Waals surface area contributed by atoms with E-state index in [2.05, 4.69) is 12.5 Å². The van der Waals surface area contributed by atoms with Crippen LogP contribution in [-0.2, 0) is 9.53 Å². The first-order valence-electron chi connectivity index (χ1n) is 6.74. The van der Waals surface area contributed by atoms with Crippen molar-refractivity contribution in [3.63, 3.8) is 0 Å². The fraction of sp³-hybridized carbons (Fsp3) is 0.688. The average Bonchev–Trinajstić information content (AvgIpc) is 2.24. The van der Waals surface area contributed by atoms with Crippen LogP contribution in [-0.4, -0.2) is 27.1 Å². The van der Waals surface area contributed by atoms with Gasteiger partial charge in [0.25, 0.3) is 0 Å². The van der Waals surface area contributed by atoms with Crippen molar-refractivity contribution in [1.82, 2.24) is 4.42 Å². The van der Waals surface area contributed by atoms with Gasteiger partial charge in [-0.05, 0) is 46.4 Å². The van der Waals surface area contributed by atoms with E-state index in [1.165, 1.54) is 0 Å². The number of nitrogens with zero attached hydrogens (tertiary/aromatic N) is 1. The molecule has 1 aliphatic heterocycles. The Balaban J connectivity index is 3.16. The van der Waals surface area contributed by atoms with Gasteiger partial charge in [-0.25, -0.2) is 9.21 Å². The van der Waals surface area contributed by atoms with Gasteiger partial charge in [0.1, 0.15) is 5.60 Å². The highest BCUT2D eigenvalue weighted by Crippen LogP contribution is 2.47. The van der Waals surface area contributed by atoms with Gasteiger partial charge >= 0.3 is 5.97 Å². The number of rotatable bonds is 3. The van der Waals surface area contributed by atoms with E-state index in [4.69, 9.17) is 22.9 Å². The van der Waals surface area contributed by atoms with Crippen LogP contribution in [0.2, 0.25) is 0 Å². The Hall–Kier alpha value is -0.980. The van der Waals surface area contributed by atoms with Gasteiger partial charge < -0.3 is 4.74 Å². The summed E-state index contributed by atoms with van der Waals surface area (Å²) in [6.45, 7) is 13.4. The van der Waals surface area contributed by atoms with Gasteiger partial charge in [-0.15, -0.1) is 12.3 Å². The molecule has 1 fully saturated rings. The molecule has 0 aromatic rings. The number of carbonyl (C=O) groups is 1. The Morgan fingerprint density at radius 2 is 1.80 bits per heavy atom. The highest BCUT2D eigenvalue weighted by Gasteiger charge is 2.53. The highest BCUT2D eigenvalue weighted by atomic mass is 35.5. The molecule has 0 bridgehead atoms. The molecule has 1 rings (SSSR count). The maximum absolute atomic E-state index is 12.0. The summed E-state index contributed by atoms with van der Waals surface area (Å²) in [4.78, 5) is 12.0. The second-order valence-corrected chi connectivity index (χ2v) is 7.33. The molecule has 0 aromatic heterocycles. The van der Waals surface area contributed by atoms with Crippen molar-refractivity contribution >= 4 is 17.7 Å². The van der Waals surface area contributed by atoms with Crippen LogP contribution in [0, 0.1) is 12.3 Å². The number of esters is 1. The van der Waals surface area contributed by atoms with Gasteiger partial charge in [-0.1, -0.05) is 6.58 Å². The van der Waals surface area contributed by atoms with Crippen molar-refractivity contribution in [2.75, 3.05) is 0 Å². The minimum Gasteiger partial charge on any atom is -0.455 e. The highest BCUT2D eigenvalue weighted by molar-refractivity contribution is 6.14. The van der Waals surface area contributed by atoms with Crippen molar-refractivity contribution in [2.45, 2.75) is 70.6 Å². The van der Waals surface area contributed by atoms with Gasteiger partial charge in [-0.3, -0.25) is 0 Å². The van der Waals surface area contributed by atoms with Gasteiger partial charge in [0, 0.05) is 35.9 Å². The first-order valence-corrected chi connectivity index (χ1v) is 7.08. The summed E-state index contributed by atoms with van der Waals surface area (Å²) >= 11 is 6.45. The smallest absolute Gasteiger partial charge is 0.333 e. The first-order chi connectivity index (χ1) is 8.96. The Labute approximate surface area is 127 Å². The first kappa shape index (κ1) is 17.1. The molecule has 1 aliphatic rings. The largest absolute Gasteiger partial charge is 0.455 e. The molecule has 1 heterocycles. The van der Waals surface area contributed by atoms with Crippen molar-refractivity contribution < 1.29 is 9.53 Å². The minimum absolute atomic E-state index is 0.324. The monoisotopic (exact) mass is 297 g/mol. The van der Waals surface area contributed by atoms with Gasteiger partial charge in [0.05, 0.1) is 0 Å². The second-order valence-electron chi connectivity index (χ2n) is 6.99. The van der Waals surface area contributed by atoms with Crippen LogP contribution >= 0.6 is 11.8 Å². The standard InChI is InChI=1S/C16H24ClNO2/c1-8-9-16(20-13(19)12(2)3)10-14(4,5)18(17)15(6,7)11-16/h1H,2,9-11H2,3-7H3. The Bertz CT molecular complexity index is 442. The molecule has 0 spiro atoms. The molecule has 0 saturated carbocycles. The summed E-state index contributed by atoms with van der Waals surface area (Å²) < 4.78 is 7.54. The lowest BCUT2D eigenvalue weighted by Crippen LogP contribution is -2.62. The molecular formula is C16H24ClNO2. The third-order valence-electron chi connectivity index (χ3n) is 3.65. The van der Waals surface area contributed by atoms with E-state index >= 15 is 0 Å². The van der Waals surface area contributed by atoms with E-state index in [0.717, 1.165) is 0 Å². The van der Waals surface area contributed by atoms with Crippen molar-refractivity contribution in [3.8, 4) is 12.3 Å². The molecular weight excluding hydrogens is 274 g/mol. The maximum Gasteiger partial charge on any atom is 0.333 e. The maximum atomic E-state index is 12.0. The minimum atomic E-state index is -0.691. The van der Waals surface area contributed by atoms with Crippen molar-refractivity contribution in [1.29, 1.82) is 0 Å². The quantitative estimate of drug-likeness (QED) is 0.344. The number of halogens is 1. The SMILES string of the molecule is C#CCC1(OC(=O)C(=C)C)CC(C)(C)N(Cl)C(C)(C)C1. The van der Waals surface area contributed by atoms with E-state index in [1.54, 1.807) is 6.92 Å². The predicted octanol–water partition coefficient (Wildman–Crippen LogP) is 3.67.